The molecule has 3 rings (SSSR count). The Balaban J connectivity index is 1.92. The highest BCUT2D eigenvalue weighted by Crippen LogP contribution is 2.53. The molecule has 1 atom stereocenters. The van der Waals surface area contributed by atoms with E-state index in [4.69, 9.17) is 0 Å². The minimum atomic E-state index is -3.25. The monoisotopic (exact) mass is 398 g/mol. The number of fused-ring (bicyclic) bond motifs is 1. The third-order valence-electron chi connectivity index (χ3n) is 4.69. The van der Waals surface area contributed by atoms with E-state index in [0.29, 0.717) is 3.92 Å². The summed E-state index contributed by atoms with van der Waals surface area (Å²) in [4.78, 5) is 0. The number of hydrogen-bond acceptors (Lipinski definition) is 0. The summed E-state index contributed by atoms with van der Waals surface area (Å²) in [5.41, 5.74) is -0.422. The smallest absolute Gasteiger partial charge is 0.204 e. The molecule has 0 nitrogen and oxygen atoms in total. The normalized spacial score (nSPS) is 32.1. The number of rotatable bonds is 1. The molecule has 2 aliphatic carbocycles. The van der Waals surface area contributed by atoms with Crippen molar-refractivity contribution in [2.75, 3.05) is 0 Å². The SMILES string of the molecule is Fc1ccc2c(c1F)C(F)(F)C(C1CCC(I)CC1)C2. The highest BCUT2D eigenvalue weighted by atomic mass is 127. The molecule has 0 amide bonds. The van der Waals surface area contributed by atoms with E-state index in [0.717, 1.165) is 31.7 Å². The van der Waals surface area contributed by atoms with Gasteiger partial charge in [-0.15, -0.1) is 0 Å². The maximum absolute atomic E-state index is 14.5. The van der Waals surface area contributed by atoms with Crippen LogP contribution in [0.15, 0.2) is 12.1 Å². The van der Waals surface area contributed by atoms with Gasteiger partial charge in [0.1, 0.15) is 0 Å². The summed E-state index contributed by atoms with van der Waals surface area (Å²) in [5.74, 6) is -6.76. The van der Waals surface area contributed by atoms with Crippen molar-refractivity contribution < 1.29 is 17.6 Å². The van der Waals surface area contributed by atoms with Gasteiger partial charge in [0, 0.05) is 9.84 Å². The standard InChI is InChI=1S/C15H15F4I/c16-12-6-3-9-7-11(8-1-4-10(20)5-2-8)15(18,19)13(9)14(12)17/h3,6,8,10-11H,1-2,4-5,7H2. The van der Waals surface area contributed by atoms with Crippen LogP contribution in [-0.2, 0) is 12.3 Å². The zero-order valence-electron chi connectivity index (χ0n) is 10.8. The van der Waals surface area contributed by atoms with Gasteiger partial charge in [0.2, 0.25) is 0 Å². The van der Waals surface area contributed by atoms with Gasteiger partial charge < -0.3 is 0 Å². The molecular weight excluding hydrogens is 383 g/mol. The Bertz CT molecular complexity index is 521. The summed E-state index contributed by atoms with van der Waals surface area (Å²) in [6.07, 6.45) is 3.55. The molecule has 0 bridgehead atoms. The quantitative estimate of drug-likeness (QED) is 0.346. The molecule has 110 valence electrons. The maximum Gasteiger partial charge on any atom is 0.279 e. The van der Waals surface area contributed by atoms with Crippen LogP contribution in [0.3, 0.4) is 0 Å². The lowest BCUT2D eigenvalue weighted by Gasteiger charge is -2.33. The van der Waals surface area contributed by atoms with E-state index in [1.165, 1.54) is 6.07 Å². The van der Waals surface area contributed by atoms with Gasteiger partial charge in [-0.1, -0.05) is 28.7 Å². The van der Waals surface area contributed by atoms with Crippen LogP contribution in [0.25, 0.3) is 0 Å². The van der Waals surface area contributed by atoms with Crippen molar-refractivity contribution in [3.8, 4) is 0 Å². The highest BCUT2D eigenvalue weighted by molar-refractivity contribution is 14.1. The summed E-state index contributed by atoms with van der Waals surface area (Å²) in [6, 6.07) is 2.26. The number of alkyl halides is 3. The molecule has 1 aromatic carbocycles. The van der Waals surface area contributed by atoms with Crippen LogP contribution in [0.5, 0.6) is 0 Å². The first-order valence-electron chi connectivity index (χ1n) is 6.90. The van der Waals surface area contributed by atoms with Crippen molar-refractivity contribution in [3.05, 3.63) is 34.9 Å². The molecule has 0 N–H and O–H groups in total. The van der Waals surface area contributed by atoms with Gasteiger partial charge in [-0.2, -0.15) is 0 Å². The molecule has 0 radical (unpaired) electrons. The molecule has 0 saturated heterocycles. The van der Waals surface area contributed by atoms with Crippen molar-refractivity contribution in [1.29, 1.82) is 0 Å². The molecule has 2 aliphatic rings. The predicted octanol–water partition coefficient (Wildman–Crippen LogP) is 5.22. The van der Waals surface area contributed by atoms with Crippen LogP contribution in [-0.4, -0.2) is 3.92 Å². The van der Waals surface area contributed by atoms with Crippen LogP contribution in [0.2, 0.25) is 0 Å². The van der Waals surface area contributed by atoms with Crippen LogP contribution in [0, 0.1) is 23.5 Å². The molecule has 20 heavy (non-hydrogen) atoms. The van der Waals surface area contributed by atoms with E-state index in [1.807, 2.05) is 0 Å². The summed E-state index contributed by atoms with van der Waals surface area (Å²) in [6.45, 7) is 0. The molecule has 0 heterocycles. The van der Waals surface area contributed by atoms with E-state index in [9.17, 15) is 17.6 Å². The minimum absolute atomic E-state index is 0.0918. The molecular formula is C15H15F4I. The van der Waals surface area contributed by atoms with Crippen LogP contribution in [0.4, 0.5) is 17.6 Å². The van der Waals surface area contributed by atoms with Crippen LogP contribution < -0.4 is 0 Å². The summed E-state index contributed by atoms with van der Waals surface area (Å²) in [7, 11) is 0. The van der Waals surface area contributed by atoms with E-state index in [1.54, 1.807) is 0 Å². The van der Waals surface area contributed by atoms with Crippen molar-refractivity contribution in [1.82, 2.24) is 0 Å². The molecule has 5 heteroatoms. The highest BCUT2D eigenvalue weighted by Gasteiger charge is 2.53. The van der Waals surface area contributed by atoms with Gasteiger partial charge in [0.25, 0.3) is 5.92 Å². The Morgan fingerprint density at radius 3 is 2.35 bits per heavy atom. The van der Waals surface area contributed by atoms with Crippen LogP contribution >= 0.6 is 22.6 Å². The lowest BCUT2D eigenvalue weighted by atomic mass is 9.77. The Morgan fingerprint density at radius 2 is 1.70 bits per heavy atom. The number of halogens is 5. The topological polar surface area (TPSA) is 0 Å². The zero-order valence-corrected chi connectivity index (χ0v) is 13.0. The lowest BCUT2D eigenvalue weighted by molar-refractivity contribution is -0.0819. The molecule has 1 saturated carbocycles. The first-order valence-corrected chi connectivity index (χ1v) is 8.15. The fraction of sp³-hybridized carbons (Fsp3) is 0.600. The van der Waals surface area contributed by atoms with E-state index in [2.05, 4.69) is 22.6 Å². The predicted molar refractivity (Wildman–Crippen MR) is 77.2 cm³/mol. The van der Waals surface area contributed by atoms with Gasteiger partial charge in [0.15, 0.2) is 11.6 Å². The molecule has 1 unspecified atom stereocenters. The summed E-state index contributed by atoms with van der Waals surface area (Å²) < 4.78 is 56.6. The summed E-state index contributed by atoms with van der Waals surface area (Å²) >= 11 is 2.35. The fourth-order valence-corrected chi connectivity index (χ4v) is 4.33. The molecule has 0 spiro atoms. The van der Waals surface area contributed by atoms with E-state index < -0.39 is 29.0 Å². The largest absolute Gasteiger partial charge is 0.279 e. The van der Waals surface area contributed by atoms with E-state index in [-0.39, 0.29) is 17.9 Å². The Kier molecular flexibility index (Phi) is 3.75. The average Bonchev–Trinajstić information content (AvgIpc) is 2.67. The molecule has 1 aromatic rings. The Labute approximate surface area is 129 Å². The number of hydrogen-bond donors (Lipinski definition) is 0. The minimum Gasteiger partial charge on any atom is -0.204 e. The third-order valence-corrected chi connectivity index (χ3v) is 5.94. The van der Waals surface area contributed by atoms with Gasteiger partial charge in [-0.3, -0.25) is 0 Å². The fourth-order valence-electron chi connectivity index (χ4n) is 3.62. The Hall–Kier alpha value is -0.330. The van der Waals surface area contributed by atoms with Gasteiger partial charge in [0.05, 0.1) is 5.56 Å². The maximum atomic E-state index is 14.5. The second-order valence-electron chi connectivity index (χ2n) is 5.84. The first kappa shape index (κ1) is 14.6. The van der Waals surface area contributed by atoms with Crippen LogP contribution in [0.1, 0.15) is 36.8 Å². The third kappa shape index (κ3) is 2.25. The van der Waals surface area contributed by atoms with E-state index >= 15 is 0 Å². The Morgan fingerprint density at radius 1 is 1.05 bits per heavy atom. The second-order valence-corrected chi connectivity index (χ2v) is 7.60. The van der Waals surface area contributed by atoms with Crippen molar-refractivity contribution >= 4 is 22.6 Å². The molecule has 0 aromatic heterocycles. The number of benzene rings is 1. The molecule has 1 fully saturated rings. The van der Waals surface area contributed by atoms with Gasteiger partial charge in [-0.25, -0.2) is 17.6 Å². The first-order chi connectivity index (χ1) is 9.41. The lowest BCUT2D eigenvalue weighted by Crippen LogP contribution is -2.31. The average molecular weight is 398 g/mol. The van der Waals surface area contributed by atoms with Crippen molar-refractivity contribution in [2.45, 2.75) is 42.0 Å². The van der Waals surface area contributed by atoms with Gasteiger partial charge in [-0.05, 0) is 49.7 Å². The van der Waals surface area contributed by atoms with Gasteiger partial charge >= 0.3 is 0 Å². The second kappa shape index (κ2) is 5.14. The van der Waals surface area contributed by atoms with Crippen molar-refractivity contribution in [3.63, 3.8) is 0 Å². The van der Waals surface area contributed by atoms with Crippen molar-refractivity contribution in [2.24, 2.45) is 11.8 Å². The zero-order chi connectivity index (χ0) is 14.5. The summed E-state index contributed by atoms with van der Waals surface area (Å²) in [5, 5.41) is 0. The molecule has 0 aliphatic heterocycles.